The molecule has 2 N–H and O–H groups in total. The van der Waals surface area contributed by atoms with Gasteiger partial charge in [0.15, 0.2) is 0 Å². The quantitative estimate of drug-likeness (QED) is 0.795. The molecule has 0 aliphatic rings. The number of rotatable bonds is 7. The van der Waals surface area contributed by atoms with E-state index in [9.17, 15) is 0 Å². The van der Waals surface area contributed by atoms with Crippen molar-refractivity contribution in [2.75, 3.05) is 18.6 Å². The summed E-state index contributed by atoms with van der Waals surface area (Å²) < 4.78 is 1.68. The van der Waals surface area contributed by atoms with Crippen molar-refractivity contribution >= 4 is 23.4 Å². The van der Waals surface area contributed by atoms with Gasteiger partial charge in [0.2, 0.25) is 0 Å². The molecule has 0 bridgehead atoms. The van der Waals surface area contributed by atoms with Crippen LogP contribution in [-0.4, -0.2) is 39.5 Å². The molecule has 6 heteroatoms. The van der Waals surface area contributed by atoms with Gasteiger partial charge >= 0.3 is 0 Å². The molecule has 0 amide bonds. The lowest BCUT2D eigenvalue weighted by Gasteiger charge is -2.16. The average molecular weight is 278 g/mol. The highest BCUT2D eigenvalue weighted by molar-refractivity contribution is 7.98. The van der Waals surface area contributed by atoms with Crippen molar-refractivity contribution < 1.29 is 5.11 Å². The molecule has 1 aromatic rings. The highest BCUT2D eigenvalue weighted by Crippen LogP contribution is 2.18. The molecule has 1 unspecified atom stereocenters. The van der Waals surface area contributed by atoms with Gasteiger partial charge < -0.3 is 10.4 Å². The van der Waals surface area contributed by atoms with Crippen LogP contribution in [0.15, 0.2) is 0 Å². The van der Waals surface area contributed by atoms with Crippen LogP contribution in [0.25, 0.3) is 0 Å². The summed E-state index contributed by atoms with van der Waals surface area (Å²) in [6, 6.07) is 0.311. The Hall–Kier alpha value is -0.230. The number of hydrogen-bond acceptors (Lipinski definition) is 4. The largest absolute Gasteiger partial charge is 0.396 e. The van der Waals surface area contributed by atoms with Gasteiger partial charge in [-0.2, -0.15) is 16.9 Å². The molecule has 4 nitrogen and oxygen atoms in total. The first-order valence-electron chi connectivity index (χ1n) is 5.61. The number of aromatic nitrogens is 2. The zero-order valence-corrected chi connectivity index (χ0v) is 12.1. The van der Waals surface area contributed by atoms with Crippen LogP contribution in [0.4, 0.5) is 0 Å². The molecule has 0 radical (unpaired) electrons. The molecule has 1 rings (SSSR count). The SMILES string of the molecule is CSCC(CCO)NCc1c(C)nn(C)c1Cl. The van der Waals surface area contributed by atoms with Gasteiger partial charge in [-0.1, -0.05) is 11.6 Å². The van der Waals surface area contributed by atoms with Crippen molar-refractivity contribution in [3.63, 3.8) is 0 Å². The van der Waals surface area contributed by atoms with Crippen molar-refractivity contribution in [1.82, 2.24) is 15.1 Å². The third kappa shape index (κ3) is 4.17. The zero-order chi connectivity index (χ0) is 12.8. The van der Waals surface area contributed by atoms with Crippen LogP contribution in [0, 0.1) is 6.92 Å². The molecular weight excluding hydrogens is 258 g/mol. The van der Waals surface area contributed by atoms with Crippen LogP contribution in [-0.2, 0) is 13.6 Å². The molecule has 1 aromatic heterocycles. The topological polar surface area (TPSA) is 50.1 Å². The van der Waals surface area contributed by atoms with E-state index in [1.807, 2.05) is 14.0 Å². The van der Waals surface area contributed by atoms with Gasteiger partial charge in [-0.15, -0.1) is 0 Å². The predicted octanol–water partition coefficient (Wildman–Crippen LogP) is 1.59. The molecule has 0 aromatic carbocycles. The van der Waals surface area contributed by atoms with Gasteiger partial charge in [0.1, 0.15) is 5.15 Å². The fourth-order valence-corrected chi connectivity index (χ4v) is 2.65. The Bertz CT molecular complexity index is 351. The standard InChI is InChI=1S/C11H20ClN3OS/c1-8-10(11(12)15(2)14-8)6-13-9(4-5-16)7-17-3/h9,13,16H,4-7H2,1-3H3. The van der Waals surface area contributed by atoms with Crippen molar-refractivity contribution in [3.05, 3.63) is 16.4 Å². The Balaban J connectivity index is 2.58. The van der Waals surface area contributed by atoms with Crippen molar-refractivity contribution in [1.29, 1.82) is 0 Å². The van der Waals surface area contributed by atoms with Gasteiger partial charge in [-0.3, -0.25) is 4.68 Å². The van der Waals surface area contributed by atoms with E-state index in [-0.39, 0.29) is 6.61 Å². The Labute approximate surface area is 112 Å². The number of halogens is 1. The maximum Gasteiger partial charge on any atom is 0.131 e. The first kappa shape index (κ1) is 14.8. The van der Waals surface area contributed by atoms with Crippen molar-refractivity contribution in [2.24, 2.45) is 7.05 Å². The Morgan fingerprint density at radius 1 is 1.59 bits per heavy atom. The summed E-state index contributed by atoms with van der Waals surface area (Å²) in [5.41, 5.74) is 2.00. The van der Waals surface area contributed by atoms with Crippen LogP contribution in [0.1, 0.15) is 17.7 Å². The van der Waals surface area contributed by atoms with E-state index < -0.39 is 0 Å². The smallest absolute Gasteiger partial charge is 0.131 e. The minimum atomic E-state index is 0.206. The van der Waals surface area contributed by atoms with E-state index >= 15 is 0 Å². The molecule has 17 heavy (non-hydrogen) atoms. The number of thioether (sulfide) groups is 1. The van der Waals surface area contributed by atoms with E-state index in [0.717, 1.165) is 23.4 Å². The highest BCUT2D eigenvalue weighted by atomic mass is 35.5. The Kier molecular flexibility index (Phi) is 6.33. The fourth-order valence-electron chi connectivity index (χ4n) is 1.72. The molecule has 0 aliphatic heterocycles. The average Bonchev–Trinajstić information content (AvgIpc) is 2.51. The Morgan fingerprint density at radius 3 is 2.76 bits per heavy atom. The monoisotopic (exact) mass is 277 g/mol. The van der Waals surface area contributed by atoms with Gasteiger partial charge in [-0.25, -0.2) is 0 Å². The summed E-state index contributed by atoms with van der Waals surface area (Å²) in [4.78, 5) is 0. The first-order chi connectivity index (χ1) is 8.10. The molecule has 0 saturated carbocycles. The number of aliphatic hydroxyl groups is 1. The molecule has 0 aliphatic carbocycles. The molecule has 1 atom stereocenters. The highest BCUT2D eigenvalue weighted by Gasteiger charge is 2.13. The molecule has 0 saturated heterocycles. The molecule has 0 spiro atoms. The van der Waals surface area contributed by atoms with Crippen LogP contribution in [0.5, 0.6) is 0 Å². The van der Waals surface area contributed by atoms with Crippen LogP contribution in [0.2, 0.25) is 5.15 Å². The van der Waals surface area contributed by atoms with Crippen LogP contribution in [0.3, 0.4) is 0 Å². The Morgan fingerprint density at radius 2 is 2.29 bits per heavy atom. The first-order valence-corrected chi connectivity index (χ1v) is 7.38. The van der Waals surface area contributed by atoms with E-state index in [2.05, 4.69) is 16.7 Å². The summed E-state index contributed by atoms with van der Waals surface area (Å²) in [6.07, 6.45) is 2.83. The van der Waals surface area contributed by atoms with E-state index in [1.54, 1.807) is 16.4 Å². The number of hydrogen-bond donors (Lipinski definition) is 2. The number of aryl methyl sites for hydroxylation is 2. The summed E-state index contributed by atoms with van der Waals surface area (Å²) in [6.45, 7) is 2.86. The minimum absolute atomic E-state index is 0.206. The van der Waals surface area contributed by atoms with Gasteiger partial charge in [-0.05, 0) is 19.6 Å². The summed E-state index contributed by atoms with van der Waals surface area (Å²) >= 11 is 7.93. The van der Waals surface area contributed by atoms with Crippen molar-refractivity contribution in [2.45, 2.75) is 25.9 Å². The lowest BCUT2D eigenvalue weighted by molar-refractivity contribution is 0.269. The van der Waals surface area contributed by atoms with Crippen LogP contribution >= 0.6 is 23.4 Å². The van der Waals surface area contributed by atoms with E-state index in [4.69, 9.17) is 16.7 Å². The number of nitrogens with one attached hydrogen (secondary N) is 1. The third-order valence-electron chi connectivity index (χ3n) is 2.68. The summed E-state index contributed by atoms with van der Waals surface area (Å²) in [7, 11) is 1.84. The number of aliphatic hydroxyl groups excluding tert-OH is 1. The van der Waals surface area contributed by atoms with E-state index in [1.165, 1.54) is 0 Å². The lowest BCUT2D eigenvalue weighted by atomic mass is 10.2. The van der Waals surface area contributed by atoms with Gasteiger partial charge in [0.05, 0.1) is 5.69 Å². The second-order valence-corrected chi connectivity index (χ2v) is 5.29. The maximum absolute atomic E-state index is 8.98. The van der Waals surface area contributed by atoms with Crippen molar-refractivity contribution in [3.8, 4) is 0 Å². The second kappa shape index (κ2) is 7.26. The molecular formula is C11H20ClN3OS. The number of nitrogens with zero attached hydrogens (tertiary/aromatic N) is 2. The van der Waals surface area contributed by atoms with Gasteiger partial charge in [0, 0.05) is 37.6 Å². The van der Waals surface area contributed by atoms with Crippen LogP contribution < -0.4 is 5.32 Å². The van der Waals surface area contributed by atoms with E-state index in [0.29, 0.717) is 17.7 Å². The summed E-state index contributed by atoms with van der Waals surface area (Å²) in [5.74, 6) is 0.984. The predicted molar refractivity (Wildman–Crippen MR) is 73.7 cm³/mol. The third-order valence-corrected chi connectivity index (χ3v) is 3.89. The normalized spacial score (nSPS) is 13.0. The molecule has 98 valence electrons. The minimum Gasteiger partial charge on any atom is -0.396 e. The zero-order valence-electron chi connectivity index (χ0n) is 10.5. The van der Waals surface area contributed by atoms with Gasteiger partial charge in [0.25, 0.3) is 0 Å². The second-order valence-electron chi connectivity index (χ2n) is 4.02. The lowest BCUT2D eigenvalue weighted by Crippen LogP contribution is -2.32. The maximum atomic E-state index is 8.98. The molecule has 0 fully saturated rings. The fraction of sp³-hybridized carbons (Fsp3) is 0.727. The summed E-state index contributed by atoms with van der Waals surface area (Å²) in [5, 5.41) is 17.3. The molecule has 1 heterocycles.